The Kier molecular flexibility index (Phi) is 4.72. The first kappa shape index (κ1) is 14.8. The van der Waals surface area contributed by atoms with Crippen molar-refractivity contribution in [2.45, 2.75) is 6.42 Å². The first-order valence-corrected chi connectivity index (χ1v) is 6.58. The number of amides is 1. The predicted octanol–water partition coefficient (Wildman–Crippen LogP) is 2.71. The van der Waals surface area contributed by atoms with Crippen LogP contribution in [0.1, 0.15) is 15.9 Å². The van der Waals surface area contributed by atoms with Crippen LogP contribution in [0.4, 0.5) is 5.69 Å². The van der Waals surface area contributed by atoms with Gasteiger partial charge < -0.3 is 9.64 Å². The van der Waals surface area contributed by atoms with Gasteiger partial charge in [-0.3, -0.25) is 9.59 Å². The molecule has 2 rings (SSSR count). The molecule has 0 spiro atoms. The molecule has 2 aromatic carbocycles. The third kappa shape index (κ3) is 3.69. The Morgan fingerprint density at radius 3 is 2.52 bits per heavy atom. The van der Waals surface area contributed by atoms with Gasteiger partial charge in [0.2, 0.25) is 6.41 Å². The number of ether oxygens (including phenoxy) is 1. The number of anilines is 1. The van der Waals surface area contributed by atoms with Gasteiger partial charge in [0, 0.05) is 24.7 Å². The van der Waals surface area contributed by atoms with E-state index in [-0.39, 0.29) is 5.78 Å². The second kappa shape index (κ2) is 6.70. The van der Waals surface area contributed by atoms with Crippen LogP contribution in [-0.4, -0.2) is 26.4 Å². The molecule has 108 valence electrons. The summed E-state index contributed by atoms with van der Waals surface area (Å²) >= 11 is 0. The molecule has 1 amide bonds. The molecular weight excluding hydrogens is 266 g/mol. The summed E-state index contributed by atoms with van der Waals surface area (Å²) in [4.78, 5) is 24.4. The zero-order valence-corrected chi connectivity index (χ0v) is 12.1. The highest BCUT2D eigenvalue weighted by Crippen LogP contribution is 2.17. The number of rotatable bonds is 6. The Hall–Kier alpha value is -2.62. The molecule has 0 fully saturated rings. The van der Waals surface area contributed by atoms with E-state index in [1.165, 1.54) is 4.90 Å². The number of hydrogen-bond acceptors (Lipinski definition) is 3. The average Bonchev–Trinajstić information content (AvgIpc) is 2.54. The van der Waals surface area contributed by atoms with Crippen LogP contribution in [0, 0.1) is 0 Å². The monoisotopic (exact) mass is 283 g/mol. The predicted molar refractivity (Wildman–Crippen MR) is 81.9 cm³/mol. The van der Waals surface area contributed by atoms with Crippen LogP contribution in [0.2, 0.25) is 0 Å². The molecule has 0 bridgehead atoms. The number of hydrogen-bond donors (Lipinski definition) is 0. The number of carbonyl (C=O) groups is 2. The normalized spacial score (nSPS) is 10.0. The average molecular weight is 283 g/mol. The number of carbonyl (C=O) groups excluding carboxylic acids is 2. The van der Waals surface area contributed by atoms with Crippen molar-refractivity contribution in [2.75, 3.05) is 19.1 Å². The fourth-order valence-corrected chi connectivity index (χ4v) is 2.01. The van der Waals surface area contributed by atoms with Gasteiger partial charge in [0.25, 0.3) is 0 Å². The minimum Gasteiger partial charge on any atom is -0.497 e. The van der Waals surface area contributed by atoms with Crippen LogP contribution in [0.5, 0.6) is 5.75 Å². The topological polar surface area (TPSA) is 46.6 Å². The molecule has 4 nitrogen and oxygen atoms in total. The molecule has 0 N–H and O–H groups in total. The number of methoxy groups -OCH3 is 1. The molecule has 0 radical (unpaired) electrons. The minimum absolute atomic E-state index is 0.0311. The van der Waals surface area contributed by atoms with Gasteiger partial charge in [0.15, 0.2) is 5.78 Å². The summed E-state index contributed by atoms with van der Waals surface area (Å²) in [6.07, 6.45) is 1.05. The highest BCUT2D eigenvalue weighted by molar-refractivity contribution is 5.98. The maximum atomic E-state index is 12.2. The summed E-state index contributed by atoms with van der Waals surface area (Å²) in [6.45, 7) is 0. The van der Waals surface area contributed by atoms with Gasteiger partial charge in [-0.2, -0.15) is 0 Å². The first-order chi connectivity index (χ1) is 10.1. The van der Waals surface area contributed by atoms with Crippen LogP contribution >= 0.6 is 0 Å². The zero-order valence-electron chi connectivity index (χ0n) is 12.1. The van der Waals surface area contributed by atoms with E-state index in [1.54, 1.807) is 38.4 Å². The summed E-state index contributed by atoms with van der Waals surface area (Å²) in [5.41, 5.74) is 2.29. The van der Waals surface area contributed by atoms with Gasteiger partial charge in [-0.15, -0.1) is 0 Å². The van der Waals surface area contributed by atoms with Gasteiger partial charge in [-0.25, -0.2) is 0 Å². The lowest BCUT2D eigenvalue weighted by atomic mass is 10.0. The van der Waals surface area contributed by atoms with Crippen molar-refractivity contribution >= 4 is 17.9 Å². The second-order valence-electron chi connectivity index (χ2n) is 4.71. The van der Waals surface area contributed by atoms with E-state index >= 15 is 0 Å². The fraction of sp³-hybridized carbons (Fsp3) is 0.176. The van der Waals surface area contributed by atoms with Crippen molar-refractivity contribution < 1.29 is 14.3 Å². The van der Waals surface area contributed by atoms with Gasteiger partial charge in [0.05, 0.1) is 7.11 Å². The molecule has 0 aliphatic rings. The SMILES string of the molecule is COc1cccc(CC(=O)c2ccc(N(C)C=O)cc2)c1. The van der Waals surface area contributed by atoms with E-state index in [2.05, 4.69) is 0 Å². The highest BCUT2D eigenvalue weighted by atomic mass is 16.5. The summed E-state index contributed by atoms with van der Waals surface area (Å²) in [5, 5.41) is 0. The van der Waals surface area contributed by atoms with E-state index in [1.807, 2.05) is 24.3 Å². The van der Waals surface area contributed by atoms with Crippen molar-refractivity contribution in [3.05, 3.63) is 59.7 Å². The van der Waals surface area contributed by atoms with E-state index in [9.17, 15) is 9.59 Å². The molecule has 0 saturated carbocycles. The van der Waals surface area contributed by atoms with Gasteiger partial charge >= 0.3 is 0 Å². The van der Waals surface area contributed by atoms with E-state index in [0.29, 0.717) is 12.0 Å². The van der Waals surface area contributed by atoms with Gasteiger partial charge in [0.1, 0.15) is 5.75 Å². The Bertz CT molecular complexity index is 635. The molecule has 0 aliphatic carbocycles. The molecule has 21 heavy (non-hydrogen) atoms. The van der Waals surface area contributed by atoms with Gasteiger partial charge in [-0.05, 0) is 42.0 Å². The molecule has 0 atom stereocenters. The largest absolute Gasteiger partial charge is 0.497 e. The van der Waals surface area contributed by atoms with Crippen molar-refractivity contribution in [2.24, 2.45) is 0 Å². The highest BCUT2D eigenvalue weighted by Gasteiger charge is 2.08. The number of nitrogens with zero attached hydrogens (tertiary/aromatic N) is 1. The van der Waals surface area contributed by atoms with Crippen LogP contribution in [0.3, 0.4) is 0 Å². The van der Waals surface area contributed by atoms with Crippen molar-refractivity contribution in [1.29, 1.82) is 0 Å². The third-order valence-corrected chi connectivity index (χ3v) is 3.25. The van der Waals surface area contributed by atoms with Crippen LogP contribution in [-0.2, 0) is 11.2 Å². The molecule has 0 saturated heterocycles. The summed E-state index contributed by atoms with van der Waals surface area (Å²) in [7, 11) is 3.27. The Labute approximate surface area is 124 Å². The molecule has 0 aliphatic heterocycles. The number of ketones is 1. The smallest absolute Gasteiger partial charge is 0.213 e. The minimum atomic E-state index is 0.0311. The van der Waals surface area contributed by atoms with Crippen LogP contribution in [0.25, 0.3) is 0 Å². The molecule has 0 unspecified atom stereocenters. The quantitative estimate of drug-likeness (QED) is 0.605. The lowest BCUT2D eigenvalue weighted by Crippen LogP contribution is -2.13. The van der Waals surface area contributed by atoms with Crippen LogP contribution in [0.15, 0.2) is 48.5 Å². The maximum Gasteiger partial charge on any atom is 0.213 e. The van der Waals surface area contributed by atoms with E-state index in [4.69, 9.17) is 4.74 Å². The van der Waals surface area contributed by atoms with Crippen molar-refractivity contribution in [1.82, 2.24) is 0 Å². The zero-order chi connectivity index (χ0) is 15.2. The molecule has 2 aromatic rings. The molecular formula is C17H17NO3. The fourth-order valence-electron chi connectivity index (χ4n) is 2.01. The van der Waals surface area contributed by atoms with E-state index < -0.39 is 0 Å². The summed E-state index contributed by atoms with van der Waals surface area (Å²) in [6, 6.07) is 14.4. The van der Waals surface area contributed by atoms with E-state index in [0.717, 1.165) is 23.4 Å². The maximum absolute atomic E-state index is 12.2. The number of benzene rings is 2. The van der Waals surface area contributed by atoms with Crippen molar-refractivity contribution in [3.8, 4) is 5.75 Å². The van der Waals surface area contributed by atoms with Gasteiger partial charge in [-0.1, -0.05) is 12.1 Å². The molecule has 0 heterocycles. The van der Waals surface area contributed by atoms with Crippen molar-refractivity contribution in [3.63, 3.8) is 0 Å². The lowest BCUT2D eigenvalue weighted by molar-refractivity contribution is -0.107. The lowest BCUT2D eigenvalue weighted by Gasteiger charge is -2.11. The Morgan fingerprint density at radius 2 is 1.90 bits per heavy atom. The third-order valence-electron chi connectivity index (χ3n) is 3.25. The standard InChI is InChI=1S/C17H17NO3/c1-18(12-19)15-8-6-14(7-9-15)17(20)11-13-4-3-5-16(10-13)21-2/h3-10,12H,11H2,1-2H3. The molecule has 0 aromatic heterocycles. The van der Waals surface area contributed by atoms with Crippen LogP contribution < -0.4 is 9.64 Å². The Balaban J connectivity index is 2.11. The Morgan fingerprint density at radius 1 is 1.19 bits per heavy atom. The number of Topliss-reactive ketones (excluding diaryl/α,β-unsaturated/α-hetero) is 1. The summed E-state index contributed by atoms with van der Waals surface area (Å²) in [5.74, 6) is 0.770. The second-order valence-corrected chi connectivity index (χ2v) is 4.71. The molecule has 4 heteroatoms. The first-order valence-electron chi connectivity index (χ1n) is 6.58. The summed E-state index contributed by atoms with van der Waals surface area (Å²) < 4.78 is 5.15.